The van der Waals surface area contributed by atoms with Gasteiger partial charge < -0.3 is 11.5 Å². The lowest BCUT2D eigenvalue weighted by Gasteiger charge is -2.19. The molecule has 52 valence electrons. The second-order valence-corrected chi connectivity index (χ2v) is 2.66. The van der Waals surface area contributed by atoms with Crippen molar-refractivity contribution in [3.05, 3.63) is 11.8 Å². The van der Waals surface area contributed by atoms with Crippen LogP contribution in [0.2, 0.25) is 0 Å². The van der Waals surface area contributed by atoms with Gasteiger partial charge in [-0.05, 0) is 31.9 Å². The first kappa shape index (κ1) is 6.62. The van der Waals surface area contributed by atoms with Crippen molar-refractivity contribution in [2.24, 2.45) is 11.5 Å². The number of hydrogen-bond donors (Lipinski definition) is 2. The van der Waals surface area contributed by atoms with Crippen LogP contribution in [0.5, 0.6) is 0 Å². The third-order valence-electron chi connectivity index (χ3n) is 1.91. The Kier molecular flexibility index (Phi) is 2.11. The highest BCUT2D eigenvalue weighted by Crippen LogP contribution is 2.20. The van der Waals surface area contributed by atoms with Gasteiger partial charge in [-0.25, -0.2) is 0 Å². The summed E-state index contributed by atoms with van der Waals surface area (Å²) < 4.78 is 0. The predicted octanol–water partition coefficient (Wildman–Crippen LogP) is 0.730. The van der Waals surface area contributed by atoms with E-state index in [1.807, 2.05) is 0 Å². The maximum atomic E-state index is 5.68. The summed E-state index contributed by atoms with van der Waals surface area (Å²) in [5.74, 6) is 0. The highest BCUT2D eigenvalue weighted by atomic mass is 14.6. The normalized spacial score (nSPS) is 28.1. The third-order valence-corrected chi connectivity index (χ3v) is 1.91. The Balaban J connectivity index is 2.35. The summed E-state index contributed by atoms with van der Waals surface area (Å²) >= 11 is 0. The lowest BCUT2D eigenvalue weighted by atomic mass is 9.92. The molecule has 0 aromatic carbocycles. The van der Waals surface area contributed by atoms with Gasteiger partial charge >= 0.3 is 0 Å². The van der Waals surface area contributed by atoms with Crippen LogP contribution in [0.3, 0.4) is 0 Å². The molecule has 1 aliphatic carbocycles. The van der Waals surface area contributed by atoms with Gasteiger partial charge in [0.05, 0.1) is 0 Å². The zero-order valence-corrected chi connectivity index (χ0v) is 5.64. The first-order valence-electron chi connectivity index (χ1n) is 3.48. The molecule has 0 aliphatic heterocycles. The van der Waals surface area contributed by atoms with E-state index >= 15 is 0 Å². The van der Waals surface area contributed by atoms with Crippen LogP contribution in [0.4, 0.5) is 0 Å². The van der Waals surface area contributed by atoms with Gasteiger partial charge in [-0.3, -0.25) is 0 Å². The van der Waals surface area contributed by atoms with Crippen molar-refractivity contribution >= 4 is 0 Å². The standard InChI is InChI=1S/C7H14N2/c8-5-6-1-3-7(9)4-2-6/h5,7H,1-4,8-9H2. The minimum absolute atomic E-state index is 0.425. The third kappa shape index (κ3) is 1.72. The Bertz CT molecular complexity index is 108. The molecule has 2 nitrogen and oxygen atoms in total. The van der Waals surface area contributed by atoms with E-state index in [0.717, 1.165) is 25.7 Å². The van der Waals surface area contributed by atoms with Gasteiger partial charge in [0, 0.05) is 6.04 Å². The molecule has 9 heavy (non-hydrogen) atoms. The van der Waals surface area contributed by atoms with Crippen molar-refractivity contribution in [1.29, 1.82) is 0 Å². The molecule has 1 saturated carbocycles. The van der Waals surface area contributed by atoms with Crippen LogP contribution in [0, 0.1) is 0 Å². The van der Waals surface area contributed by atoms with Gasteiger partial charge in [0.2, 0.25) is 0 Å². The second kappa shape index (κ2) is 2.87. The smallest absolute Gasteiger partial charge is 0.00449 e. The lowest BCUT2D eigenvalue weighted by Crippen LogP contribution is -2.23. The average molecular weight is 126 g/mol. The molecule has 0 saturated heterocycles. The van der Waals surface area contributed by atoms with Gasteiger partial charge in [-0.2, -0.15) is 0 Å². The molecule has 0 radical (unpaired) electrons. The summed E-state index contributed by atoms with van der Waals surface area (Å²) in [6, 6.07) is 0.425. The van der Waals surface area contributed by atoms with Crippen LogP contribution in [-0.2, 0) is 0 Å². The maximum Gasteiger partial charge on any atom is 0.00449 e. The van der Waals surface area contributed by atoms with E-state index in [9.17, 15) is 0 Å². The fraction of sp³-hybridized carbons (Fsp3) is 0.714. The van der Waals surface area contributed by atoms with Crippen molar-refractivity contribution in [2.45, 2.75) is 31.7 Å². The Labute approximate surface area is 55.9 Å². The van der Waals surface area contributed by atoms with Crippen LogP contribution in [0.1, 0.15) is 25.7 Å². The largest absolute Gasteiger partial charge is 0.405 e. The van der Waals surface area contributed by atoms with E-state index in [2.05, 4.69) is 0 Å². The summed E-state index contributed by atoms with van der Waals surface area (Å²) in [6.07, 6.45) is 6.17. The van der Waals surface area contributed by atoms with Crippen LogP contribution >= 0.6 is 0 Å². The second-order valence-electron chi connectivity index (χ2n) is 2.66. The molecule has 0 bridgehead atoms. The van der Waals surface area contributed by atoms with E-state index in [-0.39, 0.29) is 0 Å². The van der Waals surface area contributed by atoms with Gasteiger partial charge in [0.25, 0.3) is 0 Å². The van der Waals surface area contributed by atoms with Gasteiger partial charge in [-0.1, -0.05) is 5.57 Å². The summed E-state index contributed by atoms with van der Waals surface area (Å²) in [7, 11) is 0. The summed E-state index contributed by atoms with van der Waals surface area (Å²) in [6.45, 7) is 0. The van der Waals surface area contributed by atoms with Gasteiger partial charge in [-0.15, -0.1) is 0 Å². The molecule has 0 spiro atoms. The topological polar surface area (TPSA) is 52.0 Å². The molecule has 0 unspecified atom stereocenters. The molecule has 0 heterocycles. The van der Waals surface area contributed by atoms with E-state index in [1.54, 1.807) is 6.20 Å². The molecule has 2 heteroatoms. The van der Waals surface area contributed by atoms with E-state index in [1.165, 1.54) is 5.57 Å². The Morgan fingerprint density at radius 3 is 2.33 bits per heavy atom. The molecule has 1 fully saturated rings. The number of hydrogen-bond acceptors (Lipinski definition) is 2. The highest BCUT2D eigenvalue weighted by Gasteiger charge is 2.11. The first-order valence-corrected chi connectivity index (χ1v) is 3.48. The average Bonchev–Trinajstić information content (AvgIpc) is 1.90. The minimum Gasteiger partial charge on any atom is -0.405 e. The molecule has 0 aromatic rings. The van der Waals surface area contributed by atoms with Crippen molar-refractivity contribution in [3.8, 4) is 0 Å². The maximum absolute atomic E-state index is 5.68. The molecule has 0 aromatic heterocycles. The van der Waals surface area contributed by atoms with E-state index in [4.69, 9.17) is 11.5 Å². The zero-order valence-electron chi connectivity index (χ0n) is 5.64. The zero-order chi connectivity index (χ0) is 6.69. The number of rotatable bonds is 0. The van der Waals surface area contributed by atoms with E-state index < -0.39 is 0 Å². The number of allylic oxidation sites excluding steroid dienone is 1. The molecular formula is C7H14N2. The lowest BCUT2D eigenvalue weighted by molar-refractivity contribution is 0.511. The molecule has 1 aliphatic rings. The first-order chi connectivity index (χ1) is 4.33. The summed E-state index contributed by atoms with van der Waals surface area (Å²) in [5.41, 5.74) is 12.4. The van der Waals surface area contributed by atoms with Crippen molar-refractivity contribution in [2.75, 3.05) is 0 Å². The fourth-order valence-electron chi connectivity index (χ4n) is 1.18. The SMILES string of the molecule is NC=C1CCC(N)CC1. The Morgan fingerprint density at radius 2 is 1.89 bits per heavy atom. The summed E-state index contributed by atoms with van der Waals surface area (Å²) in [4.78, 5) is 0. The number of nitrogens with two attached hydrogens (primary N) is 2. The van der Waals surface area contributed by atoms with Crippen molar-refractivity contribution in [1.82, 2.24) is 0 Å². The van der Waals surface area contributed by atoms with Crippen molar-refractivity contribution < 1.29 is 0 Å². The quantitative estimate of drug-likeness (QED) is 0.502. The van der Waals surface area contributed by atoms with E-state index in [0.29, 0.717) is 6.04 Å². The van der Waals surface area contributed by atoms with Crippen LogP contribution in [-0.4, -0.2) is 6.04 Å². The minimum atomic E-state index is 0.425. The van der Waals surface area contributed by atoms with Gasteiger partial charge in [0.15, 0.2) is 0 Å². The van der Waals surface area contributed by atoms with Gasteiger partial charge in [0.1, 0.15) is 0 Å². The molecule has 0 atom stereocenters. The monoisotopic (exact) mass is 126 g/mol. The van der Waals surface area contributed by atoms with Crippen molar-refractivity contribution in [3.63, 3.8) is 0 Å². The molecule has 0 amide bonds. The Hall–Kier alpha value is -0.500. The predicted molar refractivity (Wildman–Crippen MR) is 38.7 cm³/mol. The van der Waals surface area contributed by atoms with Crippen LogP contribution < -0.4 is 11.5 Å². The Morgan fingerprint density at radius 1 is 1.33 bits per heavy atom. The molecular weight excluding hydrogens is 112 g/mol. The molecule has 1 rings (SSSR count). The van der Waals surface area contributed by atoms with Crippen LogP contribution in [0.15, 0.2) is 11.8 Å². The fourth-order valence-corrected chi connectivity index (χ4v) is 1.18. The molecule has 4 N–H and O–H groups in total. The summed E-state index contributed by atoms with van der Waals surface area (Å²) in [5, 5.41) is 0. The highest BCUT2D eigenvalue weighted by molar-refractivity contribution is 5.03. The van der Waals surface area contributed by atoms with Crippen LogP contribution in [0.25, 0.3) is 0 Å².